The molecule has 0 atom stereocenters. The molecule has 0 amide bonds. The average molecular weight is 328 g/mol. The predicted octanol–water partition coefficient (Wildman–Crippen LogP) is 2.19. The zero-order valence-electron chi connectivity index (χ0n) is 12.3. The summed E-state index contributed by atoms with van der Waals surface area (Å²) in [6, 6.07) is 0. The summed E-state index contributed by atoms with van der Waals surface area (Å²) >= 11 is 0. The van der Waals surface area contributed by atoms with Crippen LogP contribution in [0.5, 0.6) is 0 Å². The number of rotatable bonds is 6. The Morgan fingerprint density at radius 1 is 1.24 bits per heavy atom. The molecule has 0 aromatic carbocycles. The number of nitrogens with one attached hydrogen (secondary N) is 1. The maximum absolute atomic E-state index is 12.4. The Labute approximate surface area is 122 Å². The summed E-state index contributed by atoms with van der Waals surface area (Å²) in [4.78, 5) is -0.0565. The summed E-state index contributed by atoms with van der Waals surface area (Å²) < 4.78 is 67.6. The van der Waals surface area contributed by atoms with E-state index in [2.05, 4.69) is 5.32 Å². The maximum atomic E-state index is 12.4. The van der Waals surface area contributed by atoms with E-state index in [1.807, 2.05) is 0 Å². The van der Waals surface area contributed by atoms with Crippen molar-refractivity contribution in [2.45, 2.75) is 37.9 Å². The first kappa shape index (κ1) is 18.0. The van der Waals surface area contributed by atoms with Gasteiger partial charge in [-0.2, -0.15) is 13.2 Å². The van der Waals surface area contributed by atoms with Crippen LogP contribution in [-0.4, -0.2) is 39.5 Å². The second kappa shape index (κ2) is 6.37. The van der Waals surface area contributed by atoms with Gasteiger partial charge in [0, 0.05) is 25.7 Å². The zero-order chi connectivity index (χ0) is 16.4. The molecule has 122 valence electrons. The lowest BCUT2D eigenvalue weighted by atomic mass is 10.2. The van der Waals surface area contributed by atoms with Crippen LogP contribution in [0.1, 0.15) is 23.5 Å². The molecule has 0 unspecified atom stereocenters. The SMILES string of the molecule is CNCc1c(C)oc(C)c1S(=O)(=O)N(C)CCC(F)(F)F. The van der Waals surface area contributed by atoms with Crippen molar-refractivity contribution >= 4 is 10.0 Å². The molecule has 1 N–H and O–H groups in total. The van der Waals surface area contributed by atoms with E-state index in [4.69, 9.17) is 4.42 Å². The largest absolute Gasteiger partial charge is 0.465 e. The van der Waals surface area contributed by atoms with E-state index in [0.717, 1.165) is 7.05 Å². The summed E-state index contributed by atoms with van der Waals surface area (Å²) in [5.74, 6) is 0.612. The third-order valence-electron chi connectivity index (χ3n) is 3.06. The minimum absolute atomic E-state index is 0.0565. The minimum atomic E-state index is -4.40. The van der Waals surface area contributed by atoms with Gasteiger partial charge < -0.3 is 9.73 Å². The summed E-state index contributed by atoms with van der Waals surface area (Å²) in [6.07, 6.45) is -5.60. The number of hydrogen-bond donors (Lipinski definition) is 1. The van der Waals surface area contributed by atoms with Crippen molar-refractivity contribution in [3.63, 3.8) is 0 Å². The van der Waals surface area contributed by atoms with Crippen LogP contribution in [0.25, 0.3) is 0 Å². The number of nitrogens with zero attached hydrogens (tertiary/aromatic N) is 1. The van der Waals surface area contributed by atoms with Gasteiger partial charge in [-0.15, -0.1) is 0 Å². The average Bonchev–Trinajstić information content (AvgIpc) is 2.61. The molecule has 0 aliphatic rings. The highest BCUT2D eigenvalue weighted by Crippen LogP contribution is 2.29. The van der Waals surface area contributed by atoms with Crippen molar-refractivity contribution < 1.29 is 26.0 Å². The predicted molar refractivity (Wildman–Crippen MR) is 71.4 cm³/mol. The van der Waals surface area contributed by atoms with E-state index >= 15 is 0 Å². The Morgan fingerprint density at radius 3 is 2.29 bits per heavy atom. The fourth-order valence-electron chi connectivity index (χ4n) is 1.99. The lowest BCUT2D eigenvalue weighted by Crippen LogP contribution is -2.31. The van der Waals surface area contributed by atoms with Crippen molar-refractivity contribution in [2.75, 3.05) is 20.6 Å². The number of furan rings is 1. The first-order valence-corrected chi connectivity index (χ1v) is 7.71. The number of alkyl halides is 3. The van der Waals surface area contributed by atoms with E-state index < -0.39 is 29.2 Å². The molecule has 5 nitrogen and oxygen atoms in total. The topological polar surface area (TPSA) is 62.6 Å². The van der Waals surface area contributed by atoms with Crippen LogP contribution in [-0.2, 0) is 16.6 Å². The van der Waals surface area contributed by atoms with Gasteiger partial charge in [-0.3, -0.25) is 0 Å². The minimum Gasteiger partial charge on any atom is -0.465 e. The van der Waals surface area contributed by atoms with Crippen LogP contribution < -0.4 is 5.32 Å². The highest BCUT2D eigenvalue weighted by atomic mass is 32.2. The molecule has 0 radical (unpaired) electrons. The van der Waals surface area contributed by atoms with Gasteiger partial charge in [-0.25, -0.2) is 12.7 Å². The second-order valence-corrected chi connectivity index (χ2v) is 6.73. The number of hydrogen-bond acceptors (Lipinski definition) is 4. The van der Waals surface area contributed by atoms with Gasteiger partial charge in [-0.05, 0) is 20.9 Å². The van der Waals surface area contributed by atoms with E-state index in [-0.39, 0.29) is 17.2 Å². The third-order valence-corrected chi connectivity index (χ3v) is 5.11. The highest BCUT2D eigenvalue weighted by Gasteiger charge is 2.33. The lowest BCUT2D eigenvalue weighted by molar-refractivity contribution is -0.135. The van der Waals surface area contributed by atoms with Gasteiger partial charge in [0.2, 0.25) is 10.0 Å². The molecule has 0 saturated heterocycles. The normalized spacial score (nSPS) is 13.1. The molecule has 0 aliphatic heterocycles. The summed E-state index contributed by atoms with van der Waals surface area (Å²) in [5.41, 5.74) is 0.439. The summed E-state index contributed by atoms with van der Waals surface area (Å²) in [7, 11) is -1.25. The first-order chi connectivity index (χ1) is 9.50. The third kappa shape index (κ3) is 4.21. The van der Waals surface area contributed by atoms with Gasteiger partial charge >= 0.3 is 6.18 Å². The Hall–Kier alpha value is -1.06. The van der Waals surface area contributed by atoms with Gasteiger partial charge in [0.05, 0.1) is 6.42 Å². The van der Waals surface area contributed by atoms with Crippen LogP contribution in [0.4, 0.5) is 13.2 Å². The van der Waals surface area contributed by atoms with Crippen molar-refractivity contribution in [2.24, 2.45) is 0 Å². The Morgan fingerprint density at radius 2 is 1.81 bits per heavy atom. The van der Waals surface area contributed by atoms with Gasteiger partial charge in [0.15, 0.2) is 0 Å². The molecule has 0 bridgehead atoms. The van der Waals surface area contributed by atoms with Crippen molar-refractivity contribution in [1.82, 2.24) is 9.62 Å². The Bertz CT molecular complexity index is 594. The van der Waals surface area contributed by atoms with Crippen molar-refractivity contribution in [3.05, 3.63) is 17.1 Å². The van der Waals surface area contributed by atoms with E-state index in [1.54, 1.807) is 14.0 Å². The molecule has 0 saturated carbocycles. The Kier molecular flexibility index (Phi) is 5.46. The highest BCUT2D eigenvalue weighted by molar-refractivity contribution is 7.89. The van der Waals surface area contributed by atoms with E-state index in [1.165, 1.54) is 6.92 Å². The number of sulfonamides is 1. The first-order valence-electron chi connectivity index (χ1n) is 6.27. The molecule has 9 heteroatoms. The molecule has 0 fully saturated rings. The van der Waals surface area contributed by atoms with Gasteiger partial charge in [-0.1, -0.05) is 0 Å². The number of halogens is 3. The fourth-order valence-corrected chi connectivity index (χ4v) is 3.56. The molecule has 0 spiro atoms. The molecule has 1 heterocycles. The Balaban J connectivity index is 3.13. The van der Waals surface area contributed by atoms with Crippen LogP contribution in [0.2, 0.25) is 0 Å². The van der Waals surface area contributed by atoms with Crippen LogP contribution in [0.15, 0.2) is 9.31 Å². The molecular formula is C12H19F3N2O3S. The van der Waals surface area contributed by atoms with Crippen molar-refractivity contribution in [1.29, 1.82) is 0 Å². The quantitative estimate of drug-likeness (QED) is 0.869. The molecule has 21 heavy (non-hydrogen) atoms. The van der Waals surface area contributed by atoms with Gasteiger partial charge in [0.1, 0.15) is 16.4 Å². The smallest absolute Gasteiger partial charge is 0.390 e. The second-order valence-electron chi connectivity index (χ2n) is 4.74. The fraction of sp³-hybridized carbons (Fsp3) is 0.667. The van der Waals surface area contributed by atoms with Crippen LogP contribution >= 0.6 is 0 Å². The monoisotopic (exact) mass is 328 g/mol. The summed E-state index contributed by atoms with van der Waals surface area (Å²) in [5, 5.41) is 2.82. The van der Waals surface area contributed by atoms with Gasteiger partial charge in [0.25, 0.3) is 0 Å². The van der Waals surface area contributed by atoms with E-state index in [0.29, 0.717) is 15.6 Å². The van der Waals surface area contributed by atoms with E-state index in [9.17, 15) is 21.6 Å². The maximum Gasteiger partial charge on any atom is 0.390 e. The molecule has 1 rings (SSSR count). The van der Waals surface area contributed by atoms with Crippen LogP contribution in [0, 0.1) is 13.8 Å². The molecule has 1 aromatic heterocycles. The summed E-state index contributed by atoms with van der Waals surface area (Å²) in [6.45, 7) is 2.73. The molecule has 0 aliphatic carbocycles. The van der Waals surface area contributed by atoms with Crippen molar-refractivity contribution in [3.8, 4) is 0 Å². The lowest BCUT2D eigenvalue weighted by Gasteiger charge is -2.18. The zero-order valence-corrected chi connectivity index (χ0v) is 13.2. The molecular weight excluding hydrogens is 309 g/mol. The number of aryl methyl sites for hydroxylation is 2. The van der Waals surface area contributed by atoms with Crippen LogP contribution in [0.3, 0.4) is 0 Å². The molecule has 1 aromatic rings. The standard InChI is InChI=1S/C12H19F3N2O3S/c1-8-10(7-16-3)11(9(2)20-8)21(18,19)17(4)6-5-12(13,14)15/h16H,5-7H2,1-4H3.